The average Bonchev–Trinajstić information content (AvgIpc) is 2.54. The van der Waals surface area contributed by atoms with Crippen LogP contribution in [-0.2, 0) is 0 Å². The van der Waals surface area contributed by atoms with E-state index in [1.165, 1.54) is 0 Å². The fourth-order valence-electron chi connectivity index (χ4n) is 1.93. The van der Waals surface area contributed by atoms with E-state index in [0.29, 0.717) is 29.4 Å². The molecule has 4 nitrogen and oxygen atoms in total. The Morgan fingerprint density at radius 2 is 1.71 bits per heavy atom. The van der Waals surface area contributed by atoms with E-state index < -0.39 is 0 Å². The molecule has 0 atom stereocenters. The zero-order valence-corrected chi connectivity index (χ0v) is 12.3. The summed E-state index contributed by atoms with van der Waals surface area (Å²) in [6.45, 7) is 2.65. The molecule has 0 aliphatic rings. The number of nitrogens with one attached hydrogen (secondary N) is 1. The molecule has 0 fully saturated rings. The summed E-state index contributed by atoms with van der Waals surface area (Å²) in [5.74, 6) is 0.990. The second-order valence-corrected chi connectivity index (χ2v) is 4.50. The minimum Gasteiger partial charge on any atom is -0.496 e. The molecule has 0 aromatic heterocycles. The predicted octanol–water partition coefficient (Wildman–Crippen LogP) is 3.74. The van der Waals surface area contributed by atoms with E-state index >= 15 is 0 Å². The van der Waals surface area contributed by atoms with Crippen LogP contribution in [0.4, 0.5) is 5.69 Å². The minimum atomic E-state index is -0.222. The summed E-state index contributed by atoms with van der Waals surface area (Å²) in [6.07, 6.45) is 0.911. The summed E-state index contributed by atoms with van der Waals surface area (Å²) < 4.78 is 10.8. The number of carbonyl (C=O) groups excluding carboxylic acids is 1. The van der Waals surface area contributed by atoms with E-state index in [9.17, 15) is 4.79 Å². The molecule has 0 aliphatic carbocycles. The molecule has 21 heavy (non-hydrogen) atoms. The van der Waals surface area contributed by atoms with Gasteiger partial charge in [0.25, 0.3) is 5.91 Å². The summed E-state index contributed by atoms with van der Waals surface area (Å²) in [6, 6.07) is 14.5. The summed E-state index contributed by atoms with van der Waals surface area (Å²) >= 11 is 0. The normalized spacial score (nSPS) is 10.0. The second-order valence-electron chi connectivity index (χ2n) is 4.50. The van der Waals surface area contributed by atoms with Gasteiger partial charge in [0.05, 0.1) is 25.0 Å². The van der Waals surface area contributed by atoms with Crippen LogP contribution in [0.5, 0.6) is 11.5 Å². The van der Waals surface area contributed by atoms with Gasteiger partial charge in [0.15, 0.2) is 0 Å². The van der Waals surface area contributed by atoms with Gasteiger partial charge in [-0.1, -0.05) is 31.2 Å². The first-order valence-corrected chi connectivity index (χ1v) is 6.92. The average molecular weight is 285 g/mol. The van der Waals surface area contributed by atoms with Gasteiger partial charge in [-0.2, -0.15) is 0 Å². The van der Waals surface area contributed by atoms with Crippen LogP contribution in [0.2, 0.25) is 0 Å². The number of hydrogen-bond acceptors (Lipinski definition) is 3. The molecule has 4 heteroatoms. The van der Waals surface area contributed by atoms with Gasteiger partial charge in [0.2, 0.25) is 0 Å². The summed E-state index contributed by atoms with van der Waals surface area (Å²) in [4.78, 5) is 12.4. The molecule has 110 valence electrons. The summed E-state index contributed by atoms with van der Waals surface area (Å²) in [5, 5.41) is 2.87. The number of anilines is 1. The highest BCUT2D eigenvalue weighted by Crippen LogP contribution is 2.26. The molecule has 2 aromatic carbocycles. The molecular weight excluding hydrogens is 266 g/mol. The monoisotopic (exact) mass is 285 g/mol. The first-order valence-electron chi connectivity index (χ1n) is 6.92. The zero-order valence-electron chi connectivity index (χ0n) is 12.3. The maximum atomic E-state index is 12.4. The molecule has 2 aromatic rings. The van der Waals surface area contributed by atoms with Crippen molar-refractivity contribution in [1.82, 2.24) is 0 Å². The fraction of sp³-hybridized carbons (Fsp3) is 0.235. The number of rotatable bonds is 6. The highest BCUT2D eigenvalue weighted by Gasteiger charge is 2.13. The molecule has 2 rings (SSSR count). The molecule has 0 heterocycles. The van der Waals surface area contributed by atoms with E-state index in [1.807, 2.05) is 37.3 Å². The number of amides is 1. The molecule has 0 spiro atoms. The Hall–Kier alpha value is -2.49. The molecule has 0 aliphatic heterocycles. The van der Waals surface area contributed by atoms with E-state index in [4.69, 9.17) is 9.47 Å². The van der Waals surface area contributed by atoms with Crippen molar-refractivity contribution in [2.45, 2.75) is 13.3 Å². The van der Waals surface area contributed by atoms with Gasteiger partial charge in [0, 0.05) is 0 Å². The zero-order chi connectivity index (χ0) is 15.1. The van der Waals surface area contributed by atoms with Gasteiger partial charge in [0.1, 0.15) is 11.5 Å². The predicted molar refractivity (Wildman–Crippen MR) is 83.2 cm³/mol. The third-order valence-electron chi connectivity index (χ3n) is 2.95. The Morgan fingerprint density at radius 3 is 2.43 bits per heavy atom. The van der Waals surface area contributed by atoms with E-state index in [1.54, 1.807) is 25.3 Å². The van der Waals surface area contributed by atoms with Crippen LogP contribution in [0, 0.1) is 0 Å². The lowest BCUT2D eigenvalue weighted by Gasteiger charge is -2.13. The van der Waals surface area contributed by atoms with Crippen LogP contribution in [0.25, 0.3) is 0 Å². The summed E-state index contributed by atoms with van der Waals surface area (Å²) in [5.41, 5.74) is 1.15. The molecule has 0 saturated heterocycles. The van der Waals surface area contributed by atoms with Crippen molar-refractivity contribution < 1.29 is 14.3 Å². The van der Waals surface area contributed by atoms with Crippen LogP contribution in [0.15, 0.2) is 48.5 Å². The van der Waals surface area contributed by atoms with Crippen LogP contribution in [0.1, 0.15) is 23.7 Å². The third-order valence-corrected chi connectivity index (χ3v) is 2.95. The highest BCUT2D eigenvalue weighted by molar-refractivity contribution is 6.06. The molecule has 1 amide bonds. The highest BCUT2D eigenvalue weighted by atomic mass is 16.5. The van der Waals surface area contributed by atoms with Gasteiger partial charge < -0.3 is 14.8 Å². The van der Waals surface area contributed by atoms with Crippen LogP contribution in [-0.4, -0.2) is 19.6 Å². The van der Waals surface area contributed by atoms with Gasteiger partial charge in [-0.3, -0.25) is 4.79 Å². The standard InChI is InChI=1S/C17H19NO3/c1-3-12-21-16-11-7-5-9-14(16)18-17(19)13-8-4-6-10-15(13)20-2/h4-11H,3,12H2,1-2H3,(H,18,19). The van der Waals surface area contributed by atoms with Crippen molar-refractivity contribution in [1.29, 1.82) is 0 Å². The lowest BCUT2D eigenvalue weighted by Crippen LogP contribution is -2.14. The summed E-state index contributed by atoms with van der Waals surface area (Å²) in [7, 11) is 1.55. The van der Waals surface area contributed by atoms with Gasteiger partial charge in [-0.05, 0) is 30.7 Å². The minimum absolute atomic E-state index is 0.222. The van der Waals surface area contributed by atoms with Crippen molar-refractivity contribution in [3.63, 3.8) is 0 Å². The number of methoxy groups -OCH3 is 1. The Labute approximate surface area is 124 Å². The number of hydrogen-bond donors (Lipinski definition) is 1. The lowest BCUT2D eigenvalue weighted by molar-refractivity contribution is 0.102. The van der Waals surface area contributed by atoms with Crippen molar-refractivity contribution in [3.05, 3.63) is 54.1 Å². The largest absolute Gasteiger partial charge is 0.496 e. The van der Waals surface area contributed by atoms with Gasteiger partial charge >= 0.3 is 0 Å². The Bertz CT molecular complexity index is 610. The first-order chi connectivity index (χ1) is 10.3. The smallest absolute Gasteiger partial charge is 0.259 e. The topological polar surface area (TPSA) is 47.6 Å². The molecule has 0 saturated carbocycles. The van der Waals surface area contributed by atoms with E-state index in [-0.39, 0.29) is 5.91 Å². The Kier molecular flexibility index (Phi) is 5.21. The molecule has 1 N–H and O–H groups in total. The van der Waals surface area contributed by atoms with E-state index in [2.05, 4.69) is 5.32 Å². The van der Waals surface area contributed by atoms with Crippen molar-refractivity contribution in [3.8, 4) is 11.5 Å². The Morgan fingerprint density at radius 1 is 1.05 bits per heavy atom. The van der Waals surface area contributed by atoms with Gasteiger partial charge in [-0.25, -0.2) is 0 Å². The number of carbonyl (C=O) groups is 1. The van der Waals surface area contributed by atoms with Crippen LogP contribution in [0.3, 0.4) is 0 Å². The number of benzene rings is 2. The molecule has 0 unspecified atom stereocenters. The fourth-order valence-corrected chi connectivity index (χ4v) is 1.93. The lowest BCUT2D eigenvalue weighted by atomic mass is 10.2. The third kappa shape index (κ3) is 3.75. The second kappa shape index (κ2) is 7.33. The van der Waals surface area contributed by atoms with Crippen molar-refractivity contribution in [2.75, 3.05) is 19.0 Å². The maximum absolute atomic E-state index is 12.4. The van der Waals surface area contributed by atoms with Crippen LogP contribution < -0.4 is 14.8 Å². The molecular formula is C17H19NO3. The van der Waals surface area contributed by atoms with Gasteiger partial charge in [-0.15, -0.1) is 0 Å². The van der Waals surface area contributed by atoms with E-state index in [0.717, 1.165) is 6.42 Å². The van der Waals surface area contributed by atoms with Crippen molar-refractivity contribution in [2.24, 2.45) is 0 Å². The maximum Gasteiger partial charge on any atom is 0.259 e. The Balaban J connectivity index is 2.19. The molecule has 0 radical (unpaired) electrons. The van der Waals surface area contributed by atoms with Crippen molar-refractivity contribution >= 4 is 11.6 Å². The number of ether oxygens (including phenoxy) is 2. The first kappa shape index (κ1) is 14.9. The molecule has 0 bridgehead atoms. The van der Waals surface area contributed by atoms with Crippen LogP contribution >= 0.6 is 0 Å². The quantitative estimate of drug-likeness (QED) is 0.879. The number of para-hydroxylation sites is 3. The SMILES string of the molecule is CCCOc1ccccc1NC(=O)c1ccccc1OC.